The molecule has 0 fully saturated rings. The maximum atomic E-state index is 11.6. The normalized spacial score (nSPS) is 11.9. The Kier molecular flexibility index (Phi) is 3.90. The number of carboxylic acid groups (broad SMARTS) is 1. The van der Waals surface area contributed by atoms with E-state index in [1.807, 2.05) is 0 Å². The summed E-state index contributed by atoms with van der Waals surface area (Å²) in [5.74, 6) is -0.777. The summed E-state index contributed by atoms with van der Waals surface area (Å²) >= 11 is 0. The van der Waals surface area contributed by atoms with Crippen LogP contribution in [0.4, 0.5) is 0 Å². The molecule has 1 N–H and O–H groups in total. The van der Waals surface area contributed by atoms with Crippen molar-refractivity contribution in [2.75, 3.05) is 6.26 Å². The van der Waals surface area contributed by atoms with Crippen LogP contribution in [0.1, 0.15) is 5.56 Å². The second kappa shape index (κ2) is 5.49. The van der Waals surface area contributed by atoms with Gasteiger partial charge in [-0.3, -0.25) is 0 Å². The van der Waals surface area contributed by atoms with Crippen molar-refractivity contribution >= 4 is 22.0 Å². The molecule has 0 bridgehead atoms. The number of nitrogens with zero attached hydrogens (tertiary/aromatic N) is 3. The number of aryl methyl sites for hydroxylation is 1. The number of aliphatic carboxylic acids is 1. The van der Waals surface area contributed by atoms with Crippen molar-refractivity contribution in [1.82, 2.24) is 14.8 Å². The molecular formula is C13H13N3O4S. The van der Waals surface area contributed by atoms with E-state index in [0.717, 1.165) is 17.9 Å². The highest BCUT2D eigenvalue weighted by Crippen LogP contribution is 2.21. The predicted octanol–water partition coefficient (Wildman–Crippen LogP) is 1.21. The van der Waals surface area contributed by atoms with Gasteiger partial charge in [0.05, 0.1) is 4.90 Å². The van der Waals surface area contributed by atoms with E-state index in [1.54, 1.807) is 19.1 Å². The minimum absolute atomic E-state index is 0.190. The summed E-state index contributed by atoms with van der Waals surface area (Å²) in [7, 11) is -3.32. The van der Waals surface area contributed by atoms with Crippen molar-refractivity contribution in [2.45, 2.75) is 11.8 Å². The summed E-state index contributed by atoms with van der Waals surface area (Å²) in [6, 6.07) is 4.82. The second-order valence-corrected chi connectivity index (χ2v) is 6.52. The molecule has 21 heavy (non-hydrogen) atoms. The number of sulfone groups is 1. The van der Waals surface area contributed by atoms with Crippen LogP contribution in [0.2, 0.25) is 0 Å². The van der Waals surface area contributed by atoms with Crippen LogP contribution in [0, 0.1) is 6.92 Å². The van der Waals surface area contributed by atoms with Crippen molar-refractivity contribution in [3.05, 3.63) is 36.2 Å². The largest absolute Gasteiger partial charge is 0.478 e. The number of carbonyl (C=O) groups is 1. The van der Waals surface area contributed by atoms with Crippen LogP contribution in [-0.2, 0) is 14.6 Å². The molecule has 0 saturated heterocycles. The fourth-order valence-corrected chi connectivity index (χ4v) is 2.45. The van der Waals surface area contributed by atoms with Crippen LogP contribution in [0.3, 0.4) is 0 Å². The van der Waals surface area contributed by atoms with E-state index in [9.17, 15) is 13.2 Å². The lowest BCUT2D eigenvalue weighted by molar-refractivity contribution is -0.131. The highest BCUT2D eigenvalue weighted by molar-refractivity contribution is 7.90. The summed E-state index contributed by atoms with van der Waals surface area (Å²) in [5, 5.41) is 12.6. The summed E-state index contributed by atoms with van der Waals surface area (Å²) in [6.07, 6.45) is 4.65. The Labute approximate surface area is 121 Å². The molecule has 0 aliphatic rings. The molecule has 8 heteroatoms. The Bertz CT molecular complexity index is 822. The standard InChI is InChI=1S/C13H13N3O4S/c1-9-5-10(7-11(6-9)21(2,19)20)13-14-8-16(15-13)4-3-12(17)18/h3-8H,1-2H3,(H,17,18)/b4-3-. The van der Waals surface area contributed by atoms with Crippen LogP contribution in [-0.4, -0.2) is 40.5 Å². The minimum atomic E-state index is -3.32. The SMILES string of the molecule is Cc1cc(-c2ncn(/C=C\C(=O)O)n2)cc(S(C)(=O)=O)c1. The second-order valence-electron chi connectivity index (χ2n) is 4.51. The van der Waals surface area contributed by atoms with E-state index in [-0.39, 0.29) is 4.90 Å². The Morgan fingerprint density at radius 1 is 1.33 bits per heavy atom. The molecule has 2 rings (SSSR count). The van der Waals surface area contributed by atoms with Gasteiger partial charge in [0.2, 0.25) is 0 Å². The van der Waals surface area contributed by atoms with Gasteiger partial charge in [0.25, 0.3) is 0 Å². The molecule has 1 heterocycles. The molecular weight excluding hydrogens is 294 g/mol. The van der Waals surface area contributed by atoms with Crippen LogP contribution in [0.5, 0.6) is 0 Å². The maximum Gasteiger partial charge on any atom is 0.329 e. The van der Waals surface area contributed by atoms with E-state index in [2.05, 4.69) is 10.1 Å². The fourth-order valence-electron chi connectivity index (χ4n) is 1.71. The molecule has 0 unspecified atom stereocenters. The Hall–Kier alpha value is -2.48. The minimum Gasteiger partial charge on any atom is -0.478 e. The van der Waals surface area contributed by atoms with Crippen LogP contribution in [0.25, 0.3) is 17.6 Å². The number of rotatable bonds is 4. The summed E-state index contributed by atoms with van der Waals surface area (Å²) in [6.45, 7) is 1.78. The Morgan fingerprint density at radius 2 is 2.05 bits per heavy atom. The third-order valence-corrected chi connectivity index (χ3v) is 3.71. The number of aromatic nitrogens is 3. The molecule has 0 aliphatic carbocycles. The Balaban J connectivity index is 2.43. The van der Waals surface area contributed by atoms with Gasteiger partial charge >= 0.3 is 5.97 Å². The van der Waals surface area contributed by atoms with Crippen LogP contribution >= 0.6 is 0 Å². The monoisotopic (exact) mass is 307 g/mol. The van der Waals surface area contributed by atoms with E-state index in [1.165, 1.54) is 23.3 Å². The van der Waals surface area contributed by atoms with E-state index in [0.29, 0.717) is 11.4 Å². The number of carboxylic acids is 1. The Morgan fingerprint density at radius 3 is 2.67 bits per heavy atom. The topological polar surface area (TPSA) is 102 Å². The molecule has 1 aromatic heterocycles. The lowest BCUT2D eigenvalue weighted by Gasteiger charge is -2.03. The lowest BCUT2D eigenvalue weighted by Crippen LogP contribution is -1.98. The zero-order valence-electron chi connectivity index (χ0n) is 11.4. The van der Waals surface area contributed by atoms with Gasteiger partial charge in [-0.05, 0) is 30.7 Å². The van der Waals surface area contributed by atoms with Gasteiger partial charge in [-0.2, -0.15) is 0 Å². The van der Waals surface area contributed by atoms with Crippen LogP contribution < -0.4 is 0 Å². The number of hydrogen-bond donors (Lipinski definition) is 1. The molecule has 1 aromatic carbocycles. The molecule has 0 amide bonds. The van der Waals surface area contributed by atoms with Gasteiger partial charge in [0.15, 0.2) is 15.7 Å². The van der Waals surface area contributed by atoms with Gasteiger partial charge in [-0.25, -0.2) is 22.9 Å². The first kappa shape index (κ1) is 14.9. The molecule has 0 spiro atoms. The van der Waals surface area contributed by atoms with Crippen molar-refractivity contribution < 1.29 is 18.3 Å². The smallest absolute Gasteiger partial charge is 0.329 e. The summed E-state index contributed by atoms with van der Waals surface area (Å²) in [5.41, 5.74) is 1.32. The van der Waals surface area contributed by atoms with Crippen LogP contribution in [0.15, 0.2) is 35.5 Å². The molecule has 7 nitrogen and oxygen atoms in total. The molecule has 0 saturated carbocycles. The van der Waals surface area contributed by atoms with Gasteiger partial charge in [-0.1, -0.05) is 0 Å². The fraction of sp³-hybridized carbons (Fsp3) is 0.154. The van der Waals surface area contributed by atoms with Gasteiger partial charge < -0.3 is 5.11 Å². The van der Waals surface area contributed by atoms with Crippen molar-refractivity contribution in [3.8, 4) is 11.4 Å². The lowest BCUT2D eigenvalue weighted by atomic mass is 10.1. The first-order valence-corrected chi connectivity index (χ1v) is 7.79. The summed E-state index contributed by atoms with van der Waals surface area (Å²) < 4.78 is 24.5. The average molecular weight is 307 g/mol. The highest BCUT2D eigenvalue weighted by Gasteiger charge is 2.12. The van der Waals surface area contributed by atoms with E-state index >= 15 is 0 Å². The molecule has 0 atom stereocenters. The zero-order valence-corrected chi connectivity index (χ0v) is 12.2. The summed E-state index contributed by atoms with van der Waals surface area (Å²) in [4.78, 5) is 14.7. The first-order chi connectivity index (χ1) is 9.75. The average Bonchev–Trinajstić information content (AvgIpc) is 2.83. The zero-order chi connectivity index (χ0) is 15.6. The number of benzene rings is 1. The molecule has 0 aliphatic heterocycles. The molecule has 2 aromatic rings. The third-order valence-electron chi connectivity index (χ3n) is 2.62. The third kappa shape index (κ3) is 3.76. The van der Waals surface area contributed by atoms with Crippen molar-refractivity contribution in [1.29, 1.82) is 0 Å². The van der Waals surface area contributed by atoms with E-state index in [4.69, 9.17) is 5.11 Å². The number of hydrogen-bond acceptors (Lipinski definition) is 5. The molecule has 0 radical (unpaired) electrons. The first-order valence-electron chi connectivity index (χ1n) is 5.90. The van der Waals surface area contributed by atoms with Crippen molar-refractivity contribution in [3.63, 3.8) is 0 Å². The molecule has 110 valence electrons. The van der Waals surface area contributed by atoms with Gasteiger partial charge in [-0.15, -0.1) is 5.10 Å². The van der Waals surface area contributed by atoms with Gasteiger partial charge in [0, 0.05) is 24.1 Å². The van der Waals surface area contributed by atoms with Gasteiger partial charge in [0.1, 0.15) is 6.33 Å². The van der Waals surface area contributed by atoms with Crippen molar-refractivity contribution in [2.24, 2.45) is 0 Å². The predicted molar refractivity (Wildman–Crippen MR) is 76.3 cm³/mol. The maximum absolute atomic E-state index is 11.6. The van der Waals surface area contributed by atoms with E-state index < -0.39 is 15.8 Å². The quantitative estimate of drug-likeness (QED) is 0.852. The highest BCUT2D eigenvalue weighted by atomic mass is 32.2.